The van der Waals surface area contributed by atoms with Crippen LogP contribution in [0.2, 0.25) is 0 Å². The van der Waals surface area contributed by atoms with E-state index in [4.69, 9.17) is 9.84 Å². The van der Waals surface area contributed by atoms with Crippen LogP contribution in [0.4, 0.5) is 0 Å². The molecule has 0 bridgehead atoms. The van der Waals surface area contributed by atoms with Gasteiger partial charge in [0.2, 0.25) is 0 Å². The number of aliphatic hydroxyl groups is 1. The molecule has 1 aromatic carbocycles. The van der Waals surface area contributed by atoms with Gasteiger partial charge in [-0.25, -0.2) is 0 Å². The molecule has 0 aliphatic heterocycles. The predicted octanol–water partition coefficient (Wildman–Crippen LogP) is 2.73. The van der Waals surface area contributed by atoms with Crippen molar-refractivity contribution in [1.29, 1.82) is 0 Å². The number of aliphatic hydroxyl groups excluding tert-OH is 1. The van der Waals surface area contributed by atoms with Crippen molar-refractivity contribution in [1.82, 2.24) is 5.32 Å². The van der Waals surface area contributed by atoms with Gasteiger partial charge in [-0.15, -0.1) is 0 Å². The highest BCUT2D eigenvalue weighted by Gasteiger charge is 1.97. The summed E-state index contributed by atoms with van der Waals surface area (Å²) in [5, 5.41) is 12.3. The molecule has 0 radical (unpaired) electrons. The molecule has 0 fully saturated rings. The Bertz CT molecular complexity index is 309. The molecule has 0 aliphatic carbocycles. The Morgan fingerprint density at radius 3 is 2.56 bits per heavy atom. The zero-order chi connectivity index (χ0) is 13.2. The summed E-state index contributed by atoms with van der Waals surface area (Å²) < 4.78 is 5.65. The third-order valence-corrected chi connectivity index (χ3v) is 2.71. The first-order valence-corrected chi connectivity index (χ1v) is 6.83. The number of nitrogens with one attached hydrogen (secondary N) is 1. The Labute approximate surface area is 110 Å². The number of unbranched alkanes of at least 4 members (excludes halogenated alkanes) is 2. The second-order valence-corrected chi connectivity index (χ2v) is 4.68. The number of rotatable bonds is 9. The van der Waals surface area contributed by atoms with Gasteiger partial charge in [-0.05, 0) is 31.0 Å². The standard InChI is InChI=1S/C15H25NO2/c1-3-4-5-10-18-15-8-6-14(7-9-15)12-16-11-13(2)17/h6-9,13,16-17H,3-5,10-12H2,1-2H3. The van der Waals surface area contributed by atoms with Crippen molar-refractivity contribution >= 4 is 0 Å². The third kappa shape index (κ3) is 6.62. The summed E-state index contributed by atoms with van der Waals surface area (Å²) in [6, 6.07) is 8.13. The molecule has 0 amide bonds. The molecule has 0 saturated carbocycles. The fourth-order valence-electron chi connectivity index (χ4n) is 1.67. The van der Waals surface area contributed by atoms with Crippen LogP contribution in [0.5, 0.6) is 5.75 Å². The van der Waals surface area contributed by atoms with E-state index in [-0.39, 0.29) is 6.10 Å². The zero-order valence-corrected chi connectivity index (χ0v) is 11.5. The van der Waals surface area contributed by atoms with Gasteiger partial charge in [-0.1, -0.05) is 31.9 Å². The predicted molar refractivity (Wildman–Crippen MR) is 74.8 cm³/mol. The molecule has 2 N–H and O–H groups in total. The first kappa shape index (κ1) is 15.0. The highest BCUT2D eigenvalue weighted by molar-refractivity contribution is 5.27. The molecule has 1 rings (SSSR count). The van der Waals surface area contributed by atoms with Crippen LogP contribution in [-0.2, 0) is 6.54 Å². The topological polar surface area (TPSA) is 41.5 Å². The van der Waals surface area contributed by atoms with Crippen LogP contribution >= 0.6 is 0 Å². The van der Waals surface area contributed by atoms with Gasteiger partial charge in [-0.2, -0.15) is 0 Å². The monoisotopic (exact) mass is 251 g/mol. The number of benzene rings is 1. The first-order chi connectivity index (χ1) is 8.72. The minimum atomic E-state index is -0.300. The zero-order valence-electron chi connectivity index (χ0n) is 11.5. The Hall–Kier alpha value is -1.06. The lowest BCUT2D eigenvalue weighted by Gasteiger charge is -2.09. The van der Waals surface area contributed by atoms with Crippen LogP contribution in [-0.4, -0.2) is 24.4 Å². The maximum atomic E-state index is 9.13. The molecule has 18 heavy (non-hydrogen) atoms. The molecule has 0 spiro atoms. The molecule has 1 unspecified atom stereocenters. The van der Waals surface area contributed by atoms with Crippen LogP contribution in [0.15, 0.2) is 24.3 Å². The van der Waals surface area contributed by atoms with Gasteiger partial charge >= 0.3 is 0 Å². The smallest absolute Gasteiger partial charge is 0.119 e. The lowest BCUT2D eigenvalue weighted by atomic mass is 10.2. The molecule has 0 aromatic heterocycles. The summed E-state index contributed by atoms with van der Waals surface area (Å²) in [5.41, 5.74) is 1.21. The maximum Gasteiger partial charge on any atom is 0.119 e. The van der Waals surface area contributed by atoms with E-state index >= 15 is 0 Å². The second-order valence-electron chi connectivity index (χ2n) is 4.68. The summed E-state index contributed by atoms with van der Waals surface area (Å²) in [6.45, 7) is 6.17. The minimum absolute atomic E-state index is 0.300. The van der Waals surface area contributed by atoms with Crippen molar-refractivity contribution in [2.75, 3.05) is 13.2 Å². The molecule has 0 aliphatic rings. The van der Waals surface area contributed by atoms with Gasteiger partial charge in [0.15, 0.2) is 0 Å². The molecule has 3 heteroatoms. The Kier molecular flexibility index (Phi) is 7.46. The molecular weight excluding hydrogens is 226 g/mol. The fraction of sp³-hybridized carbons (Fsp3) is 0.600. The van der Waals surface area contributed by atoms with Crippen molar-refractivity contribution in [2.45, 2.75) is 45.8 Å². The van der Waals surface area contributed by atoms with E-state index in [1.165, 1.54) is 18.4 Å². The molecule has 102 valence electrons. The van der Waals surface area contributed by atoms with Crippen molar-refractivity contribution in [3.63, 3.8) is 0 Å². The SMILES string of the molecule is CCCCCOc1ccc(CNCC(C)O)cc1. The van der Waals surface area contributed by atoms with Gasteiger partial charge in [0.05, 0.1) is 12.7 Å². The normalized spacial score (nSPS) is 12.4. The number of ether oxygens (including phenoxy) is 1. The molecule has 0 saturated heterocycles. The highest BCUT2D eigenvalue weighted by Crippen LogP contribution is 2.12. The summed E-state index contributed by atoms with van der Waals surface area (Å²) >= 11 is 0. The van der Waals surface area contributed by atoms with Crippen LogP contribution in [0.3, 0.4) is 0 Å². The van der Waals surface area contributed by atoms with E-state index in [0.29, 0.717) is 6.54 Å². The van der Waals surface area contributed by atoms with E-state index in [1.54, 1.807) is 6.92 Å². The van der Waals surface area contributed by atoms with Crippen molar-refractivity contribution in [3.8, 4) is 5.75 Å². The Balaban J connectivity index is 2.24. The van der Waals surface area contributed by atoms with Crippen LogP contribution in [0, 0.1) is 0 Å². The van der Waals surface area contributed by atoms with Crippen LogP contribution in [0.25, 0.3) is 0 Å². The van der Waals surface area contributed by atoms with Crippen LogP contribution < -0.4 is 10.1 Å². The molecular formula is C15H25NO2. The van der Waals surface area contributed by atoms with Gasteiger partial charge < -0.3 is 15.2 Å². The average Bonchev–Trinajstić information content (AvgIpc) is 2.36. The van der Waals surface area contributed by atoms with Gasteiger partial charge in [0.1, 0.15) is 5.75 Å². The molecule has 3 nitrogen and oxygen atoms in total. The summed E-state index contributed by atoms with van der Waals surface area (Å²) in [4.78, 5) is 0. The van der Waals surface area contributed by atoms with Gasteiger partial charge in [0, 0.05) is 13.1 Å². The van der Waals surface area contributed by atoms with Gasteiger partial charge in [0.25, 0.3) is 0 Å². The largest absolute Gasteiger partial charge is 0.494 e. The maximum absolute atomic E-state index is 9.13. The number of hydrogen-bond donors (Lipinski definition) is 2. The summed E-state index contributed by atoms with van der Waals surface area (Å²) in [7, 11) is 0. The average molecular weight is 251 g/mol. The lowest BCUT2D eigenvalue weighted by Crippen LogP contribution is -2.23. The lowest BCUT2D eigenvalue weighted by molar-refractivity contribution is 0.191. The second kappa shape index (κ2) is 8.95. The number of hydrogen-bond acceptors (Lipinski definition) is 3. The van der Waals surface area contributed by atoms with E-state index in [1.807, 2.05) is 12.1 Å². The molecule has 1 aromatic rings. The third-order valence-electron chi connectivity index (χ3n) is 2.71. The Morgan fingerprint density at radius 1 is 1.22 bits per heavy atom. The quantitative estimate of drug-likeness (QED) is 0.663. The van der Waals surface area contributed by atoms with Crippen molar-refractivity contribution in [3.05, 3.63) is 29.8 Å². The van der Waals surface area contributed by atoms with Crippen molar-refractivity contribution in [2.24, 2.45) is 0 Å². The van der Waals surface area contributed by atoms with E-state index < -0.39 is 0 Å². The summed E-state index contributed by atoms with van der Waals surface area (Å²) in [5.74, 6) is 0.936. The highest BCUT2D eigenvalue weighted by atomic mass is 16.5. The van der Waals surface area contributed by atoms with Gasteiger partial charge in [-0.3, -0.25) is 0 Å². The van der Waals surface area contributed by atoms with E-state index in [0.717, 1.165) is 25.3 Å². The van der Waals surface area contributed by atoms with Crippen molar-refractivity contribution < 1.29 is 9.84 Å². The van der Waals surface area contributed by atoms with Crippen LogP contribution in [0.1, 0.15) is 38.7 Å². The fourth-order valence-corrected chi connectivity index (χ4v) is 1.67. The van der Waals surface area contributed by atoms with E-state index in [2.05, 4.69) is 24.4 Å². The minimum Gasteiger partial charge on any atom is -0.494 e. The summed E-state index contributed by atoms with van der Waals surface area (Å²) in [6.07, 6.45) is 3.26. The van der Waals surface area contributed by atoms with E-state index in [9.17, 15) is 0 Å². The molecule has 0 heterocycles. The Morgan fingerprint density at radius 2 is 1.94 bits per heavy atom. The molecule has 1 atom stereocenters. The first-order valence-electron chi connectivity index (χ1n) is 6.83.